The van der Waals surface area contributed by atoms with Gasteiger partial charge in [-0.25, -0.2) is 4.98 Å². The lowest BCUT2D eigenvalue weighted by atomic mass is 10.1. The number of nitrogens with one attached hydrogen (secondary N) is 1. The molecule has 1 unspecified atom stereocenters. The minimum atomic E-state index is 0.412. The summed E-state index contributed by atoms with van der Waals surface area (Å²) in [6.07, 6.45) is 6.21. The van der Waals surface area contributed by atoms with Crippen molar-refractivity contribution in [2.24, 2.45) is 0 Å². The van der Waals surface area contributed by atoms with Crippen molar-refractivity contribution < 1.29 is 0 Å². The molecule has 2 heterocycles. The van der Waals surface area contributed by atoms with Gasteiger partial charge in [-0.15, -0.1) is 11.3 Å². The Morgan fingerprint density at radius 3 is 3.06 bits per heavy atom. The van der Waals surface area contributed by atoms with Crippen molar-refractivity contribution in [3.8, 4) is 0 Å². The average molecular weight is 235 g/mol. The van der Waals surface area contributed by atoms with Crippen molar-refractivity contribution in [1.29, 1.82) is 0 Å². The number of nitrogens with zero attached hydrogens (tertiary/aromatic N) is 2. The van der Waals surface area contributed by atoms with Gasteiger partial charge in [0, 0.05) is 24.3 Å². The summed E-state index contributed by atoms with van der Waals surface area (Å²) in [6.45, 7) is 2.22. The van der Waals surface area contributed by atoms with Gasteiger partial charge in [-0.2, -0.15) is 0 Å². The zero-order chi connectivity index (χ0) is 11.4. The molecule has 0 saturated carbocycles. The van der Waals surface area contributed by atoms with E-state index in [1.165, 1.54) is 11.3 Å². The molecule has 2 aromatic heterocycles. The number of thiophene rings is 1. The van der Waals surface area contributed by atoms with Crippen molar-refractivity contribution in [1.82, 2.24) is 9.55 Å². The summed E-state index contributed by atoms with van der Waals surface area (Å²) in [6, 6.07) is 4.72. The number of rotatable bonds is 5. The fraction of sp³-hybridized carbons (Fsp3) is 0.417. The Balaban J connectivity index is 2.33. The molecule has 0 aliphatic rings. The first-order valence-electron chi connectivity index (χ1n) is 5.60. The maximum Gasteiger partial charge on any atom is 0.203 e. The molecule has 0 aliphatic heterocycles. The van der Waals surface area contributed by atoms with Crippen molar-refractivity contribution in [3.63, 3.8) is 0 Å². The number of anilines is 1. The van der Waals surface area contributed by atoms with Gasteiger partial charge in [-0.05, 0) is 17.9 Å². The Labute approximate surface area is 100 Å². The van der Waals surface area contributed by atoms with E-state index >= 15 is 0 Å². The third-order valence-corrected chi connectivity index (χ3v) is 3.64. The summed E-state index contributed by atoms with van der Waals surface area (Å²) in [5, 5.41) is 5.27. The second-order valence-corrected chi connectivity index (χ2v) is 4.71. The molecule has 0 aliphatic carbocycles. The van der Waals surface area contributed by atoms with Crippen LogP contribution in [0.25, 0.3) is 0 Å². The molecule has 16 heavy (non-hydrogen) atoms. The molecular formula is C12H17N3S. The summed E-state index contributed by atoms with van der Waals surface area (Å²) in [5.74, 6) is 0.937. The Morgan fingerprint density at radius 2 is 2.44 bits per heavy atom. The first-order chi connectivity index (χ1) is 7.86. The smallest absolute Gasteiger partial charge is 0.203 e. The van der Waals surface area contributed by atoms with E-state index < -0.39 is 0 Å². The molecule has 86 valence electrons. The summed E-state index contributed by atoms with van der Waals surface area (Å²) in [7, 11) is 1.91. The lowest BCUT2D eigenvalue weighted by Gasteiger charge is -2.18. The molecular weight excluding hydrogens is 218 g/mol. The van der Waals surface area contributed by atoms with Gasteiger partial charge in [0.25, 0.3) is 0 Å². The summed E-state index contributed by atoms with van der Waals surface area (Å²) in [4.78, 5) is 5.70. The Bertz CT molecular complexity index is 419. The fourth-order valence-electron chi connectivity index (χ4n) is 1.93. The molecule has 2 rings (SSSR count). The molecule has 0 fully saturated rings. The van der Waals surface area contributed by atoms with Crippen LogP contribution in [0.15, 0.2) is 29.9 Å². The van der Waals surface area contributed by atoms with Gasteiger partial charge in [0.2, 0.25) is 5.95 Å². The predicted octanol–water partition coefficient (Wildman–Crippen LogP) is 3.38. The van der Waals surface area contributed by atoms with Crippen LogP contribution in [0.3, 0.4) is 0 Å². The lowest BCUT2D eigenvalue weighted by Crippen LogP contribution is -2.11. The molecule has 0 saturated heterocycles. The molecule has 0 spiro atoms. The van der Waals surface area contributed by atoms with Gasteiger partial charge in [0.05, 0.1) is 6.04 Å². The Hall–Kier alpha value is -1.29. The molecule has 1 atom stereocenters. The van der Waals surface area contributed by atoms with E-state index in [0.29, 0.717) is 6.04 Å². The fourth-order valence-corrected chi connectivity index (χ4v) is 2.79. The molecule has 1 N–H and O–H groups in total. The van der Waals surface area contributed by atoms with Crippen LogP contribution in [0.5, 0.6) is 0 Å². The highest BCUT2D eigenvalue weighted by Crippen LogP contribution is 2.29. The highest BCUT2D eigenvalue weighted by Gasteiger charge is 2.16. The second kappa shape index (κ2) is 5.16. The van der Waals surface area contributed by atoms with E-state index in [9.17, 15) is 0 Å². The summed E-state index contributed by atoms with van der Waals surface area (Å²) in [5.41, 5.74) is 0. The molecule has 4 heteroatoms. The minimum absolute atomic E-state index is 0.412. The van der Waals surface area contributed by atoms with Crippen LogP contribution in [0, 0.1) is 0 Å². The van der Waals surface area contributed by atoms with Crippen LogP contribution < -0.4 is 5.32 Å². The number of aromatic nitrogens is 2. The maximum absolute atomic E-state index is 4.30. The van der Waals surface area contributed by atoms with E-state index in [4.69, 9.17) is 0 Å². The Kier molecular flexibility index (Phi) is 3.62. The second-order valence-electron chi connectivity index (χ2n) is 3.73. The summed E-state index contributed by atoms with van der Waals surface area (Å²) >= 11 is 1.81. The molecule has 0 amide bonds. The highest BCUT2D eigenvalue weighted by atomic mass is 32.1. The van der Waals surface area contributed by atoms with Crippen molar-refractivity contribution in [2.75, 3.05) is 12.4 Å². The van der Waals surface area contributed by atoms with Gasteiger partial charge in [-0.1, -0.05) is 19.4 Å². The van der Waals surface area contributed by atoms with E-state index in [0.717, 1.165) is 12.4 Å². The van der Waals surface area contributed by atoms with Crippen LogP contribution in [0.2, 0.25) is 0 Å². The van der Waals surface area contributed by atoms with Crippen molar-refractivity contribution in [2.45, 2.75) is 25.8 Å². The number of hydrogen-bond acceptors (Lipinski definition) is 3. The van der Waals surface area contributed by atoms with E-state index in [2.05, 4.69) is 39.3 Å². The molecule has 3 nitrogen and oxygen atoms in total. The van der Waals surface area contributed by atoms with E-state index in [-0.39, 0.29) is 0 Å². The quantitative estimate of drug-likeness (QED) is 0.861. The van der Waals surface area contributed by atoms with Crippen molar-refractivity contribution >= 4 is 17.3 Å². The van der Waals surface area contributed by atoms with E-state index in [1.807, 2.05) is 30.8 Å². The SMILES string of the molecule is CCCC(c1cccs1)n1ccnc1NC. The molecule has 2 aromatic rings. The molecule has 0 radical (unpaired) electrons. The van der Waals surface area contributed by atoms with Gasteiger partial charge < -0.3 is 9.88 Å². The highest BCUT2D eigenvalue weighted by molar-refractivity contribution is 7.10. The maximum atomic E-state index is 4.30. The largest absolute Gasteiger partial charge is 0.359 e. The Morgan fingerprint density at radius 1 is 1.56 bits per heavy atom. The van der Waals surface area contributed by atoms with Crippen LogP contribution >= 0.6 is 11.3 Å². The monoisotopic (exact) mass is 235 g/mol. The zero-order valence-electron chi connectivity index (χ0n) is 9.68. The van der Waals surface area contributed by atoms with Crippen LogP contribution in [-0.4, -0.2) is 16.6 Å². The normalized spacial score (nSPS) is 12.6. The van der Waals surface area contributed by atoms with Gasteiger partial charge in [-0.3, -0.25) is 0 Å². The summed E-state index contributed by atoms with van der Waals surface area (Å²) < 4.78 is 2.22. The van der Waals surface area contributed by atoms with Crippen molar-refractivity contribution in [3.05, 3.63) is 34.8 Å². The standard InChI is InChI=1S/C12H17N3S/c1-3-5-10(11-6-4-9-16-11)15-8-7-14-12(15)13-2/h4,6-10H,3,5H2,1-2H3,(H,13,14). The van der Waals surface area contributed by atoms with Gasteiger partial charge in [0.1, 0.15) is 0 Å². The third kappa shape index (κ3) is 2.11. The zero-order valence-corrected chi connectivity index (χ0v) is 10.5. The topological polar surface area (TPSA) is 29.9 Å². The number of hydrogen-bond donors (Lipinski definition) is 1. The predicted molar refractivity (Wildman–Crippen MR) is 69.1 cm³/mol. The lowest BCUT2D eigenvalue weighted by molar-refractivity contribution is 0.546. The van der Waals surface area contributed by atoms with Gasteiger partial charge >= 0.3 is 0 Å². The van der Waals surface area contributed by atoms with Crippen LogP contribution in [-0.2, 0) is 0 Å². The minimum Gasteiger partial charge on any atom is -0.359 e. The van der Waals surface area contributed by atoms with Gasteiger partial charge in [0.15, 0.2) is 0 Å². The van der Waals surface area contributed by atoms with Crippen LogP contribution in [0.4, 0.5) is 5.95 Å². The average Bonchev–Trinajstić information content (AvgIpc) is 2.96. The van der Waals surface area contributed by atoms with E-state index in [1.54, 1.807) is 0 Å². The molecule has 0 aromatic carbocycles. The number of imidazole rings is 1. The third-order valence-electron chi connectivity index (χ3n) is 2.66. The van der Waals surface area contributed by atoms with Crippen LogP contribution in [0.1, 0.15) is 30.7 Å². The first kappa shape index (κ1) is 11.2. The first-order valence-corrected chi connectivity index (χ1v) is 6.48. The molecule has 0 bridgehead atoms.